The van der Waals surface area contributed by atoms with E-state index in [-0.39, 0.29) is 11.9 Å². The highest BCUT2D eigenvalue weighted by molar-refractivity contribution is 5.94. The van der Waals surface area contributed by atoms with E-state index in [1.54, 1.807) is 17.1 Å². The van der Waals surface area contributed by atoms with Gasteiger partial charge in [-0.15, -0.1) is 0 Å². The first-order valence-corrected chi connectivity index (χ1v) is 9.05. The van der Waals surface area contributed by atoms with Crippen molar-refractivity contribution < 1.29 is 4.79 Å². The van der Waals surface area contributed by atoms with Crippen LogP contribution in [-0.4, -0.2) is 50.2 Å². The molecule has 1 amide bonds. The summed E-state index contributed by atoms with van der Waals surface area (Å²) >= 11 is 0. The normalized spacial score (nSPS) is 17.1. The average molecular weight is 362 g/mol. The zero-order chi connectivity index (χ0) is 18.8. The van der Waals surface area contributed by atoms with Crippen LogP contribution in [-0.2, 0) is 0 Å². The van der Waals surface area contributed by atoms with Gasteiger partial charge in [-0.25, -0.2) is 9.67 Å². The number of piperazine rings is 1. The molecule has 1 unspecified atom stereocenters. The predicted molar refractivity (Wildman–Crippen MR) is 102 cm³/mol. The summed E-state index contributed by atoms with van der Waals surface area (Å²) in [6, 6.07) is 9.54. The zero-order valence-corrected chi connectivity index (χ0v) is 15.5. The first kappa shape index (κ1) is 17.4. The Morgan fingerprint density at radius 3 is 2.78 bits per heavy atom. The van der Waals surface area contributed by atoms with Gasteiger partial charge in [-0.3, -0.25) is 9.78 Å². The number of nitrogens with zero attached hydrogens (tertiary/aromatic N) is 5. The van der Waals surface area contributed by atoms with Gasteiger partial charge in [0.15, 0.2) is 5.82 Å². The average Bonchev–Trinajstić information content (AvgIpc) is 3.06. The number of amides is 1. The molecule has 1 aliphatic rings. The molecule has 0 radical (unpaired) electrons. The molecule has 0 bridgehead atoms. The van der Waals surface area contributed by atoms with E-state index in [9.17, 15) is 4.79 Å². The molecule has 1 fully saturated rings. The van der Waals surface area contributed by atoms with Crippen molar-refractivity contribution in [3.8, 4) is 5.82 Å². The standard InChI is InChI=1S/C20H22N6O/c1-14-10-15(2)26(24-14)19-6-5-17(12-23-19)20(27)25-9-8-22-13-18(25)16-4-3-7-21-11-16/h3-7,10-12,18,22H,8-9,13H2,1-2H3. The number of nitrogens with one attached hydrogen (secondary N) is 1. The molecular formula is C20H22N6O. The highest BCUT2D eigenvalue weighted by atomic mass is 16.2. The van der Waals surface area contributed by atoms with Gasteiger partial charge in [0.05, 0.1) is 17.3 Å². The van der Waals surface area contributed by atoms with Gasteiger partial charge in [0.2, 0.25) is 0 Å². The van der Waals surface area contributed by atoms with Crippen molar-refractivity contribution in [1.29, 1.82) is 0 Å². The summed E-state index contributed by atoms with van der Waals surface area (Å²) in [5, 5.41) is 7.80. The Kier molecular flexibility index (Phi) is 4.68. The number of carbonyl (C=O) groups excluding carboxylic acids is 1. The van der Waals surface area contributed by atoms with E-state index < -0.39 is 0 Å². The van der Waals surface area contributed by atoms with Gasteiger partial charge in [-0.1, -0.05) is 6.07 Å². The van der Waals surface area contributed by atoms with Crippen molar-refractivity contribution in [1.82, 2.24) is 30.0 Å². The summed E-state index contributed by atoms with van der Waals surface area (Å²) in [6.07, 6.45) is 5.20. The van der Waals surface area contributed by atoms with E-state index in [1.807, 2.05) is 55.3 Å². The molecule has 0 saturated carbocycles. The minimum absolute atomic E-state index is 0.0160. The van der Waals surface area contributed by atoms with Crippen LogP contribution < -0.4 is 5.32 Å². The molecule has 138 valence electrons. The third-order valence-electron chi connectivity index (χ3n) is 4.79. The van der Waals surface area contributed by atoms with E-state index in [0.717, 1.165) is 23.5 Å². The van der Waals surface area contributed by atoms with E-state index in [2.05, 4.69) is 20.4 Å². The van der Waals surface area contributed by atoms with Gasteiger partial charge in [-0.2, -0.15) is 5.10 Å². The fourth-order valence-electron chi connectivity index (χ4n) is 3.48. The molecule has 4 rings (SSSR count). The van der Waals surface area contributed by atoms with Crippen molar-refractivity contribution in [2.75, 3.05) is 19.6 Å². The van der Waals surface area contributed by atoms with E-state index in [0.29, 0.717) is 24.5 Å². The van der Waals surface area contributed by atoms with Crippen LogP contribution in [0.5, 0.6) is 0 Å². The molecule has 7 heteroatoms. The van der Waals surface area contributed by atoms with Crippen LogP contribution in [0.25, 0.3) is 5.82 Å². The molecular weight excluding hydrogens is 340 g/mol. The highest BCUT2D eigenvalue weighted by Gasteiger charge is 2.29. The Morgan fingerprint density at radius 1 is 1.22 bits per heavy atom. The van der Waals surface area contributed by atoms with Crippen LogP contribution in [0, 0.1) is 13.8 Å². The summed E-state index contributed by atoms with van der Waals surface area (Å²) in [5.74, 6) is 0.694. The number of aryl methyl sites for hydroxylation is 2. The van der Waals surface area contributed by atoms with Crippen molar-refractivity contribution in [2.24, 2.45) is 0 Å². The number of hydrogen-bond donors (Lipinski definition) is 1. The van der Waals surface area contributed by atoms with Crippen molar-refractivity contribution in [3.63, 3.8) is 0 Å². The second-order valence-electron chi connectivity index (χ2n) is 6.75. The molecule has 7 nitrogen and oxygen atoms in total. The van der Waals surface area contributed by atoms with Gasteiger partial charge in [0, 0.05) is 43.9 Å². The Hall–Kier alpha value is -3.06. The number of rotatable bonds is 3. The van der Waals surface area contributed by atoms with Crippen molar-refractivity contribution >= 4 is 5.91 Å². The number of carbonyl (C=O) groups is 1. The van der Waals surface area contributed by atoms with Crippen LogP contribution in [0.15, 0.2) is 48.9 Å². The van der Waals surface area contributed by atoms with Crippen LogP contribution in [0.4, 0.5) is 0 Å². The van der Waals surface area contributed by atoms with Crippen molar-refractivity contribution in [3.05, 3.63) is 71.4 Å². The van der Waals surface area contributed by atoms with E-state index >= 15 is 0 Å². The zero-order valence-electron chi connectivity index (χ0n) is 15.5. The van der Waals surface area contributed by atoms with Crippen LogP contribution in [0.2, 0.25) is 0 Å². The smallest absolute Gasteiger partial charge is 0.256 e. The Bertz CT molecular complexity index is 935. The third-order valence-corrected chi connectivity index (χ3v) is 4.79. The molecule has 0 spiro atoms. The second-order valence-corrected chi connectivity index (χ2v) is 6.75. The maximum Gasteiger partial charge on any atom is 0.256 e. The lowest BCUT2D eigenvalue weighted by atomic mass is 10.0. The summed E-state index contributed by atoms with van der Waals surface area (Å²) in [6.45, 7) is 6.08. The summed E-state index contributed by atoms with van der Waals surface area (Å²) < 4.78 is 1.78. The molecule has 1 N–H and O–H groups in total. The molecule has 27 heavy (non-hydrogen) atoms. The summed E-state index contributed by atoms with van der Waals surface area (Å²) in [7, 11) is 0. The van der Waals surface area contributed by atoms with Crippen molar-refractivity contribution in [2.45, 2.75) is 19.9 Å². The first-order chi connectivity index (χ1) is 13.1. The van der Waals surface area contributed by atoms with E-state index in [1.165, 1.54) is 0 Å². The van der Waals surface area contributed by atoms with Crippen LogP contribution >= 0.6 is 0 Å². The monoisotopic (exact) mass is 362 g/mol. The molecule has 4 heterocycles. The summed E-state index contributed by atoms with van der Waals surface area (Å²) in [4.78, 5) is 23.7. The fourth-order valence-corrected chi connectivity index (χ4v) is 3.48. The minimum atomic E-state index is -0.0318. The molecule has 0 aliphatic carbocycles. The van der Waals surface area contributed by atoms with E-state index in [4.69, 9.17) is 0 Å². The molecule has 3 aromatic rings. The topological polar surface area (TPSA) is 75.9 Å². The second kappa shape index (κ2) is 7.28. The highest BCUT2D eigenvalue weighted by Crippen LogP contribution is 2.23. The lowest BCUT2D eigenvalue weighted by molar-refractivity contribution is 0.0633. The number of aromatic nitrogens is 4. The SMILES string of the molecule is Cc1cc(C)n(-c2ccc(C(=O)N3CCNCC3c3cccnc3)cn2)n1. The Morgan fingerprint density at radius 2 is 2.11 bits per heavy atom. The van der Waals surface area contributed by atoms with Gasteiger partial charge in [-0.05, 0) is 43.7 Å². The lowest BCUT2D eigenvalue weighted by Gasteiger charge is -2.36. The predicted octanol–water partition coefficient (Wildman–Crippen LogP) is 2.07. The molecule has 0 aromatic carbocycles. The first-order valence-electron chi connectivity index (χ1n) is 9.05. The number of hydrogen-bond acceptors (Lipinski definition) is 5. The number of pyridine rings is 2. The fraction of sp³-hybridized carbons (Fsp3) is 0.300. The third kappa shape index (κ3) is 3.46. The maximum atomic E-state index is 13.1. The molecule has 1 aliphatic heterocycles. The minimum Gasteiger partial charge on any atom is -0.329 e. The molecule has 1 atom stereocenters. The van der Waals surface area contributed by atoms with Gasteiger partial charge in [0.1, 0.15) is 0 Å². The van der Waals surface area contributed by atoms with Gasteiger partial charge < -0.3 is 10.2 Å². The van der Waals surface area contributed by atoms with Crippen LogP contribution in [0.3, 0.4) is 0 Å². The van der Waals surface area contributed by atoms with Crippen LogP contribution in [0.1, 0.15) is 33.4 Å². The Balaban J connectivity index is 1.59. The quantitative estimate of drug-likeness (QED) is 0.772. The summed E-state index contributed by atoms with van der Waals surface area (Å²) in [5.41, 5.74) is 3.56. The molecule has 1 saturated heterocycles. The van der Waals surface area contributed by atoms with Gasteiger partial charge >= 0.3 is 0 Å². The Labute approximate surface area is 158 Å². The lowest BCUT2D eigenvalue weighted by Crippen LogP contribution is -2.48. The largest absolute Gasteiger partial charge is 0.329 e. The maximum absolute atomic E-state index is 13.1. The van der Waals surface area contributed by atoms with Gasteiger partial charge in [0.25, 0.3) is 5.91 Å². The molecule has 3 aromatic heterocycles.